The summed E-state index contributed by atoms with van der Waals surface area (Å²) in [6.45, 7) is 6.02. The number of halogens is 2. The van der Waals surface area contributed by atoms with Crippen molar-refractivity contribution in [3.8, 4) is 0 Å². The summed E-state index contributed by atoms with van der Waals surface area (Å²) in [6.07, 6.45) is 4.54. The lowest BCUT2D eigenvalue weighted by atomic mass is 10.2. The second-order valence-corrected chi connectivity index (χ2v) is 5.94. The molecule has 2 aromatic heterocycles. The summed E-state index contributed by atoms with van der Waals surface area (Å²) < 4.78 is 0.986. The van der Waals surface area contributed by atoms with Gasteiger partial charge in [-0.1, -0.05) is 24.6 Å². The highest BCUT2D eigenvalue weighted by Crippen LogP contribution is 2.19. The number of hydrogen-bond donors (Lipinski definition) is 1. The van der Waals surface area contributed by atoms with E-state index in [9.17, 15) is 0 Å². The molecule has 0 bridgehead atoms. The Kier molecular flexibility index (Phi) is 5.37. The summed E-state index contributed by atoms with van der Waals surface area (Å²) in [7, 11) is 0. The topological polar surface area (TPSA) is 37.8 Å². The van der Waals surface area contributed by atoms with Crippen LogP contribution >= 0.6 is 27.5 Å². The largest absolute Gasteiger partial charge is 0.325 e. The Bertz CT molecular complexity index is 772. The number of aromatic nitrogens is 2. The zero-order valence-electron chi connectivity index (χ0n) is 12.2. The predicted octanol–water partition coefficient (Wildman–Crippen LogP) is 3.85. The van der Waals surface area contributed by atoms with Gasteiger partial charge in [0.05, 0.1) is 5.35 Å². The van der Waals surface area contributed by atoms with Crippen molar-refractivity contribution in [3.05, 3.63) is 45.0 Å². The lowest BCUT2D eigenvalue weighted by Gasteiger charge is -2.07. The number of pyridine rings is 2. The van der Waals surface area contributed by atoms with Crippen LogP contribution in [-0.4, -0.2) is 9.97 Å². The van der Waals surface area contributed by atoms with Crippen molar-refractivity contribution >= 4 is 50.3 Å². The first-order valence-corrected chi connectivity index (χ1v) is 7.93. The minimum absolute atomic E-state index is 0.733. The lowest BCUT2D eigenvalue weighted by molar-refractivity contribution is 1.15. The fourth-order valence-corrected chi connectivity index (χ4v) is 2.26. The van der Waals surface area contributed by atoms with Crippen LogP contribution in [0.15, 0.2) is 28.9 Å². The first-order valence-electron chi connectivity index (χ1n) is 6.76. The van der Waals surface area contributed by atoms with Gasteiger partial charge >= 0.3 is 0 Å². The molecule has 0 aliphatic carbocycles. The highest BCUT2D eigenvalue weighted by molar-refractivity contribution is 9.10. The summed E-state index contributed by atoms with van der Waals surface area (Å²) in [5.74, 6) is 1.49. The van der Waals surface area contributed by atoms with Crippen molar-refractivity contribution in [2.24, 2.45) is 0 Å². The Morgan fingerprint density at radius 3 is 2.76 bits per heavy atom. The number of rotatable bonds is 3. The van der Waals surface area contributed by atoms with E-state index in [4.69, 9.17) is 11.6 Å². The van der Waals surface area contributed by atoms with Crippen LogP contribution in [0.25, 0.3) is 11.1 Å². The number of anilines is 2. The molecule has 21 heavy (non-hydrogen) atoms. The van der Waals surface area contributed by atoms with E-state index < -0.39 is 0 Å². The summed E-state index contributed by atoms with van der Waals surface area (Å²) in [4.78, 5) is 8.92. The van der Waals surface area contributed by atoms with Crippen LogP contribution in [0.3, 0.4) is 0 Å². The van der Waals surface area contributed by atoms with Gasteiger partial charge in [-0.05, 0) is 65.2 Å². The third-order valence-corrected chi connectivity index (χ3v) is 4.38. The summed E-state index contributed by atoms with van der Waals surface area (Å²) in [5, 5.41) is 5.82. The molecule has 5 heteroatoms. The number of nitrogens with one attached hydrogen (secondary N) is 1. The van der Waals surface area contributed by atoms with E-state index in [2.05, 4.69) is 31.2 Å². The third-order valence-electron chi connectivity index (χ3n) is 3.11. The molecule has 0 saturated heterocycles. The molecule has 0 spiro atoms. The molecule has 0 radical (unpaired) electrons. The van der Waals surface area contributed by atoms with E-state index in [1.54, 1.807) is 6.20 Å². The zero-order valence-corrected chi connectivity index (χ0v) is 14.6. The van der Waals surface area contributed by atoms with Gasteiger partial charge in [-0.25, -0.2) is 9.97 Å². The van der Waals surface area contributed by atoms with Crippen LogP contribution in [0.1, 0.15) is 25.8 Å². The SMILES string of the molecule is C/C=c1/ccc(Nc2cc(C)c(Br)cn2)n/c1=C(\Cl)CC. The molecule has 0 saturated carbocycles. The van der Waals surface area contributed by atoms with Crippen LogP contribution < -0.4 is 15.9 Å². The molecule has 0 amide bonds. The van der Waals surface area contributed by atoms with Crippen LogP contribution in [0.5, 0.6) is 0 Å². The van der Waals surface area contributed by atoms with E-state index >= 15 is 0 Å². The summed E-state index contributed by atoms with van der Waals surface area (Å²) >= 11 is 9.72. The van der Waals surface area contributed by atoms with Gasteiger partial charge in [0.2, 0.25) is 0 Å². The molecule has 0 fully saturated rings. The Hall–Kier alpha value is -1.39. The second-order valence-electron chi connectivity index (χ2n) is 4.63. The molecule has 110 valence electrons. The van der Waals surface area contributed by atoms with Gasteiger partial charge in [0, 0.05) is 15.7 Å². The quantitative estimate of drug-likeness (QED) is 0.896. The first-order chi connectivity index (χ1) is 10.0. The van der Waals surface area contributed by atoms with Crippen molar-refractivity contribution in [1.82, 2.24) is 9.97 Å². The van der Waals surface area contributed by atoms with Gasteiger partial charge in [-0.2, -0.15) is 0 Å². The Morgan fingerprint density at radius 1 is 1.38 bits per heavy atom. The van der Waals surface area contributed by atoms with Gasteiger partial charge in [-0.3, -0.25) is 0 Å². The number of nitrogens with zero attached hydrogens (tertiary/aromatic N) is 2. The number of aryl methyl sites for hydroxylation is 1. The molecule has 0 aliphatic heterocycles. The van der Waals surface area contributed by atoms with Gasteiger partial charge in [-0.15, -0.1) is 0 Å². The molecule has 0 aliphatic rings. The Morgan fingerprint density at radius 2 is 2.14 bits per heavy atom. The average molecular weight is 367 g/mol. The minimum atomic E-state index is 0.733. The molecule has 2 heterocycles. The van der Waals surface area contributed by atoms with Crippen LogP contribution in [-0.2, 0) is 0 Å². The first kappa shape index (κ1) is 16.0. The smallest absolute Gasteiger partial charge is 0.132 e. The van der Waals surface area contributed by atoms with Crippen molar-refractivity contribution in [3.63, 3.8) is 0 Å². The molecule has 2 rings (SSSR count). The van der Waals surface area contributed by atoms with Gasteiger partial charge in [0.15, 0.2) is 0 Å². The highest BCUT2D eigenvalue weighted by atomic mass is 79.9. The maximum atomic E-state index is 6.28. The molecule has 2 aromatic rings. The highest BCUT2D eigenvalue weighted by Gasteiger charge is 2.02. The van der Waals surface area contributed by atoms with Gasteiger partial charge < -0.3 is 5.32 Å². The summed E-state index contributed by atoms with van der Waals surface area (Å²) in [5.41, 5.74) is 1.12. The summed E-state index contributed by atoms with van der Waals surface area (Å²) in [6, 6.07) is 5.91. The van der Waals surface area contributed by atoms with Crippen molar-refractivity contribution in [1.29, 1.82) is 0 Å². The Labute approximate surface area is 137 Å². The maximum absolute atomic E-state index is 6.28. The van der Waals surface area contributed by atoms with Crippen LogP contribution in [0, 0.1) is 6.92 Å². The van der Waals surface area contributed by atoms with Crippen LogP contribution in [0.2, 0.25) is 0 Å². The average Bonchev–Trinajstić information content (AvgIpc) is 2.50. The van der Waals surface area contributed by atoms with E-state index in [1.807, 2.05) is 45.0 Å². The molecule has 0 aromatic carbocycles. The maximum Gasteiger partial charge on any atom is 0.132 e. The van der Waals surface area contributed by atoms with Gasteiger partial charge in [0.1, 0.15) is 11.6 Å². The second kappa shape index (κ2) is 7.05. The minimum Gasteiger partial charge on any atom is -0.325 e. The monoisotopic (exact) mass is 365 g/mol. The van der Waals surface area contributed by atoms with Crippen LogP contribution in [0.4, 0.5) is 11.6 Å². The zero-order chi connectivity index (χ0) is 15.4. The van der Waals surface area contributed by atoms with E-state index in [1.165, 1.54) is 0 Å². The third kappa shape index (κ3) is 3.83. The fraction of sp³-hybridized carbons (Fsp3) is 0.250. The molecular weight excluding hydrogens is 350 g/mol. The van der Waals surface area contributed by atoms with Gasteiger partial charge in [0.25, 0.3) is 0 Å². The van der Waals surface area contributed by atoms with E-state index in [-0.39, 0.29) is 0 Å². The van der Waals surface area contributed by atoms with E-state index in [0.29, 0.717) is 0 Å². The molecular formula is C16H17BrClN3. The Balaban J connectivity index is 2.44. The predicted molar refractivity (Wildman–Crippen MR) is 93.1 cm³/mol. The van der Waals surface area contributed by atoms with Crippen molar-refractivity contribution in [2.45, 2.75) is 27.2 Å². The lowest BCUT2D eigenvalue weighted by Crippen LogP contribution is -2.29. The van der Waals surface area contributed by atoms with Crippen molar-refractivity contribution in [2.75, 3.05) is 5.32 Å². The fourth-order valence-electron chi connectivity index (χ4n) is 1.90. The molecule has 0 atom stereocenters. The molecule has 1 N–H and O–H groups in total. The molecule has 0 unspecified atom stereocenters. The normalized spacial score (nSPS) is 13.3. The molecule has 3 nitrogen and oxygen atoms in total. The standard InChI is InChI=1S/C16H17BrClN3/c1-4-11-6-7-14(21-16(11)13(18)5-2)20-15-8-10(3)12(17)9-19-15/h4,6-9H,5H2,1-3H3,(H,19,20,21)/b11-4-,16-13-. The van der Waals surface area contributed by atoms with E-state index in [0.717, 1.165) is 43.7 Å². The van der Waals surface area contributed by atoms with Crippen molar-refractivity contribution < 1.29 is 0 Å². The number of hydrogen-bond acceptors (Lipinski definition) is 3.